The monoisotopic (exact) mass is 543 g/mol. The van der Waals surface area contributed by atoms with Crippen molar-refractivity contribution in [3.05, 3.63) is 81.1 Å². The van der Waals surface area contributed by atoms with E-state index in [-0.39, 0.29) is 12.3 Å². The fourth-order valence-corrected chi connectivity index (χ4v) is 4.42. The summed E-state index contributed by atoms with van der Waals surface area (Å²) in [6, 6.07) is 11.9. The summed E-state index contributed by atoms with van der Waals surface area (Å²) in [6.07, 6.45) is 0.816. The smallest absolute Gasteiger partial charge is 0.416 e. The summed E-state index contributed by atoms with van der Waals surface area (Å²) in [4.78, 5) is 33.1. The predicted octanol–water partition coefficient (Wildman–Crippen LogP) is 4.51. The highest BCUT2D eigenvalue weighted by atomic mass is 35.5. The zero-order valence-electron chi connectivity index (χ0n) is 20.3. The number of carboxylic acids is 1. The molecule has 4 rings (SSSR count). The highest BCUT2D eigenvalue weighted by Gasteiger charge is 2.30. The number of carbonyl (C=O) groups is 2. The number of hydrogen-bond acceptors (Lipinski definition) is 4. The summed E-state index contributed by atoms with van der Waals surface area (Å²) in [5.41, 5.74) is 1.58. The number of hydrogen-bond donors (Lipinski definition) is 2. The van der Waals surface area contributed by atoms with Crippen LogP contribution in [0.2, 0.25) is 5.02 Å². The van der Waals surface area contributed by atoms with Gasteiger partial charge >= 0.3 is 12.1 Å². The fourth-order valence-electron chi connectivity index (χ4n) is 4.21. The Morgan fingerprint density at radius 3 is 2.50 bits per heavy atom. The van der Waals surface area contributed by atoms with E-state index in [4.69, 9.17) is 26.7 Å². The number of carboxylic acid groups (broad SMARTS) is 1. The Morgan fingerprint density at radius 1 is 1.05 bits per heavy atom. The van der Waals surface area contributed by atoms with Crippen molar-refractivity contribution < 1.29 is 27.9 Å². The SMILES string of the molecule is O=C(O)CCCCc1nc2c(nc1-c1ccc(C(F)(F)F)cc1)=CCC(C(=O)NCc1cccc(Cl)c1)C=2. The van der Waals surface area contributed by atoms with Gasteiger partial charge in [-0.15, -0.1) is 0 Å². The number of alkyl halides is 3. The van der Waals surface area contributed by atoms with Gasteiger partial charge in [-0.25, -0.2) is 9.97 Å². The molecule has 0 spiro atoms. The van der Waals surface area contributed by atoms with Gasteiger partial charge in [0.2, 0.25) is 5.91 Å². The number of rotatable bonds is 9. The molecule has 2 aromatic carbocycles. The maximum Gasteiger partial charge on any atom is 0.416 e. The third-order valence-electron chi connectivity index (χ3n) is 6.18. The second-order valence-electron chi connectivity index (χ2n) is 9.03. The van der Waals surface area contributed by atoms with Crippen LogP contribution in [0.1, 0.15) is 42.5 Å². The van der Waals surface area contributed by atoms with Crippen LogP contribution in [0.25, 0.3) is 23.4 Å². The van der Waals surface area contributed by atoms with E-state index in [1.54, 1.807) is 24.3 Å². The number of unbranched alkanes of at least 4 members (excludes halogenated alkanes) is 1. The first-order valence-electron chi connectivity index (χ1n) is 12.1. The Hall–Kier alpha value is -3.72. The number of nitrogens with one attached hydrogen (secondary N) is 1. The molecule has 0 aliphatic heterocycles. The molecule has 0 radical (unpaired) electrons. The first-order valence-corrected chi connectivity index (χ1v) is 12.5. The molecular weight excluding hydrogens is 519 g/mol. The lowest BCUT2D eigenvalue weighted by Gasteiger charge is -2.16. The van der Waals surface area contributed by atoms with Gasteiger partial charge in [0.05, 0.1) is 33.6 Å². The van der Waals surface area contributed by atoms with Crippen LogP contribution >= 0.6 is 11.6 Å². The molecule has 0 saturated carbocycles. The Labute approximate surface area is 221 Å². The number of nitrogens with zero attached hydrogens (tertiary/aromatic N) is 2. The summed E-state index contributed by atoms with van der Waals surface area (Å²) < 4.78 is 39.1. The average molecular weight is 544 g/mol. The van der Waals surface area contributed by atoms with Crippen LogP contribution < -0.4 is 16.0 Å². The molecule has 1 aliphatic carbocycles. The van der Waals surface area contributed by atoms with Crippen molar-refractivity contribution in [2.75, 3.05) is 0 Å². The van der Waals surface area contributed by atoms with E-state index in [0.717, 1.165) is 17.7 Å². The van der Waals surface area contributed by atoms with E-state index in [0.29, 0.717) is 64.9 Å². The summed E-state index contributed by atoms with van der Waals surface area (Å²) in [5, 5.41) is 13.5. The molecule has 1 aromatic heterocycles. The summed E-state index contributed by atoms with van der Waals surface area (Å²) in [5.74, 6) is -1.55. The first-order chi connectivity index (χ1) is 18.1. The van der Waals surface area contributed by atoms with Gasteiger partial charge in [0, 0.05) is 23.6 Å². The maximum absolute atomic E-state index is 13.0. The number of carbonyl (C=O) groups excluding carboxylic acids is 1. The van der Waals surface area contributed by atoms with Gasteiger partial charge in [0.15, 0.2) is 0 Å². The molecule has 1 aliphatic rings. The standard InChI is InChI=1S/C28H25ClF3N3O3/c29-21-5-3-4-17(14-21)16-33-27(38)19-10-13-22-24(15-19)34-23(6-1-2-7-25(36)37)26(35-22)18-8-11-20(12-9-18)28(30,31)32/h3-5,8-9,11-15,19H,1-2,6-7,10,16H2,(H,33,38)(H,36,37). The molecule has 3 aromatic rings. The Balaban J connectivity index is 1.60. The number of fused-ring (bicyclic) bond motifs is 1. The van der Waals surface area contributed by atoms with Gasteiger partial charge < -0.3 is 10.4 Å². The molecule has 6 nitrogen and oxygen atoms in total. The number of benzene rings is 2. The van der Waals surface area contributed by atoms with Crippen LogP contribution in [-0.4, -0.2) is 27.0 Å². The van der Waals surface area contributed by atoms with Gasteiger partial charge in [-0.05, 0) is 61.6 Å². The van der Waals surface area contributed by atoms with Crippen molar-refractivity contribution in [2.45, 2.75) is 44.8 Å². The number of aryl methyl sites for hydroxylation is 1. The number of halogens is 4. The molecule has 0 fully saturated rings. The molecule has 0 bridgehead atoms. The van der Waals surface area contributed by atoms with Gasteiger partial charge in [0.1, 0.15) is 0 Å². The van der Waals surface area contributed by atoms with E-state index in [2.05, 4.69) is 5.32 Å². The molecule has 1 atom stereocenters. The van der Waals surface area contributed by atoms with Gasteiger partial charge in [0.25, 0.3) is 0 Å². The fraction of sp³-hybridized carbons (Fsp3) is 0.286. The van der Waals surface area contributed by atoms with Crippen LogP contribution in [-0.2, 0) is 28.7 Å². The predicted molar refractivity (Wildman–Crippen MR) is 137 cm³/mol. The van der Waals surface area contributed by atoms with E-state index < -0.39 is 23.6 Å². The van der Waals surface area contributed by atoms with Crippen LogP contribution in [0, 0.1) is 5.92 Å². The topological polar surface area (TPSA) is 92.2 Å². The molecule has 1 heterocycles. The molecule has 198 valence electrons. The normalized spacial score (nSPS) is 14.7. The lowest BCUT2D eigenvalue weighted by Crippen LogP contribution is -2.40. The lowest BCUT2D eigenvalue weighted by atomic mass is 9.98. The van der Waals surface area contributed by atoms with E-state index >= 15 is 0 Å². The zero-order chi connectivity index (χ0) is 27.3. The molecule has 38 heavy (non-hydrogen) atoms. The van der Waals surface area contributed by atoms with Crippen LogP contribution in [0.3, 0.4) is 0 Å². The zero-order valence-corrected chi connectivity index (χ0v) is 21.0. The van der Waals surface area contributed by atoms with E-state index in [9.17, 15) is 22.8 Å². The number of amides is 1. The van der Waals surface area contributed by atoms with Crippen molar-refractivity contribution >= 4 is 35.6 Å². The summed E-state index contributed by atoms with van der Waals surface area (Å²) >= 11 is 6.01. The molecule has 10 heteroatoms. The number of aromatic nitrogens is 2. The second kappa shape index (κ2) is 11.8. The minimum atomic E-state index is -4.45. The Morgan fingerprint density at radius 2 is 1.82 bits per heavy atom. The van der Waals surface area contributed by atoms with Crippen molar-refractivity contribution in [1.82, 2.24) is 15.3 Å². The van der Waals surface area contributed by atoms with Crippen LogP contribution in [0.5, 0.6) is 0 Å². The third kappa shape index (κ3) is 6.98. The van der Waals surface area contributed by atoms with Crippen molar-refractivity contribution in [3.63, 3.8) is 0 Å². The maximum atomic E-state index is 13.0. The quantitative estimate of drug-likeness (QED) is 0.387. The van der Waals surface area contributed by atoms with Gasteiger partial charge in [-0.3, -0.25) is 9.59 Å². The molecule has 2 N–H and O–H groups in total. The average Bonchev–Trinajstić information content (AvgIpc) is 2.88. The minimum Gasteiger partial charge on any atom is -0.481 e. The van der Waals surface area contributed by atoms with Crippen LogP contribution in [0.4, 0.5) is 13.2 Å². The third-order valence-corrected chi connectivity index (χ3v) is 6.42. The summed E-state index contributed by atoms with van der Waals surface area (Å²) in [6.45, 7) is 0.323. The Bertz CT molecular complexity index is 1460. The number of aliphatic carboxylic acids is 1. The molecular formula is C28H25ClF3N3O3. The van der Waals surface area contributed by atoms with E-state index in [1.807, 2.05) is 12.1 Å². The first kappa shape index (κ1) is 27.3. The van der Waals surface area contributed by atoms with Crippen molar-refractivity contribution in [3.8, 4) is 11.3 Å². The molecule has 1 unspecified atom stereocenters. The summed E-state index contributed by atoms with van der Waals surface area (Å²) in [7, 11) is 0. The van der Waals surface area contributed by atoms with Crippen molar-refractivity contribution in [2.24, 2.45) is 5.92 Å². The highest BCUT2D eigenvalue weighted by Crippen LogP contribution is 2.31. The van der Waals surface area contributed by atoms with Crippen molar-refractivity contribution in [1.29, 1.82) is 0 Å². The molecule has 1 amide bonds. The van der Waals surface area contributed by atoms with Crippen LogP contribution in [0.15, 0.2) is 48.5 Å². The molecule has 0 saturated heterocycles. The largest absolute Gasteiger partial charge is 0.481 e. The van der Waals surface area contributed by atoms with E-state index in [1.165, 1.54) is 12.1 Å². The minimum absolute atomic E-state index is 0.00273. The van der Waals surface area contributed by atoms with Gasteiger partial charge in [-0.1, -0.05) is 41.9 Å². The lowest BCUT2D eigenvalue weighted by molar-refractivity contribution is -0.138. The van der Waals surface area contributed by atoms with Gasteiger partial charge in [-0.2, -0.15) is 13.2 Å². The highest BCUT2D eigenvalue weighted by molar-refractivity contribution is 6.30. The Kier molecular flexibility index (Phi) is 8.46. The second-order valence-corrected chi connectivity index (χ2v) is 9.46.